The van der Waals surface area contributed by atoms with Gasteiger partial charge in [0.15, 0.2) is 5.82 Å². The highest BCUT2D eigenvalue weighted by Gasteiger charge is 2.23. The van der Waals surface area contributed by atoms with Crippen molar-refractivity contribution in [1.29, 1.82) is 0 Å². The molecule has 2 amide bonds. The minimum Gasteiger partial charge on any atom is -0.378 e. The molecule has 7 heteroatoms. The normalized spacial score (nSPS) is 17.2. The highest BCUT2D eigenvalue weighted by molar-refractivity contribution is 5.89. The highest BCUT2D eigenvalue weighted by Crippen LogP contribution is 2.22. The molecule has 130 valence electrons. The van der Waals surface area contributed by atoms with E-state index in [0.29, 0.717) is 11.9 Å². The van der Waals surface area contributed by atoms with Crippen molar-refractivity contribution in [2.45, 2.75) is 18.9 Å². The molecule has 1 saturated heterocycles. The third-order valence-corrected chi connectivity index (χ3v) is 4.29. The molecule has 4 rings (SSSR count). The summed E-state index contributed by atoms with van der Waals surface area (Å²) in [5, 5.41) is 5.74. The molecule has 25 heavy (non-hydrogen) atoms. The molecule has 7 nitrogen and oxygen atoms in total. The van der Waals surface area contributed by atoms with Crippen LogP contribution in [0.2, 0.25) is 0 Å². The Morgan fingerprint density at radius 3 is 2.60 bits per heavy atom. The third kappa shape index (κ3) is 4.06. The Kier molecular flexibility index (Phi) is 4.47. The number of amides is 2. The van der Waals surface area contributed by atoms with E-state index in [1.807, 2.05) is 30.3 Å². The van der Waals surface area contributed by atoms with Crippen LogP contribution in [0.5, 0.6) is 0 Å². The minimum absolute atomic E-state index is 0.152. The zero-order chi connectivity index (χ0) is 17.1. The lowest BCUT2D eigenvalue weighted by atomic mass is 10.2. The summed E-state index contributed by atoms with van der Waals surface area (Å²) in [6.07, 6.45) is 3.93. The smallest absolute Gasteiger partial charge is 0.319 e. The average Bonchev–Trinajstić information content (AvgIpc) is 3.47. The Balaban J connectivity index is 1.44. The Labute approximate surface area is 146 Å². The van der Waals surface area contributed by atoms with E-state index < -0.39 is 0 Å². The minimum atomic E-state index is -0.152. The number of nitrogens with one attached hydrogen (secondary N) is 2. The first-order chi connectivity index (χ1) is 12.3. The van der Waals surface area contributed by atoms with Crippen molar-refractivity contribution in [1.82, 2.24) is 15.3 Å². The van der Waals surface area contributed by atoms with Crippen LogP contribution >= 0.6 is 0 Å². The molecule has 2 heterocycles. The first kappa shape index (κ1) is 15.8. The van der Waals surface area contributed by atoms with Crippen molar-refractivity contribution in [3.8, 4) is 11.4 Å². The van der Waals surface area contributed by atoms with Crippen molar-refractivity contribution in [3.05, 3.63) is 36.5 Å². The molecule has 2 N–H and O–H groups in total. The number of benzene rings is 1. The topological polar surface area (TPSA) is 79.4 Å². The van der Waals surface area contributed by atoms with E-state index >= 15 is 0 Å². The van der Waals surface area contributed by atoms with Crippen LogP contribution in [0.1, 0.15) is 12.8 Å². The summed E-state index contributed by atoms with van der Waals surface area (Å²) in [5.41, 5.74) is 1.68. The van der Waals surface area contributed by atoms with Crippen LogP contribution in [0, 0.1) is 0 Å². The van der Waals surface area contributed by atoms with Gasteiger partial charge in [-0.25, -0.2) is 14.8 Å². The maximum atomic E-state index is 11.8. The van der Waals surface area contributed by atoms with Gasteiger partial charge >= 0.3 is 6.03 Å². The molecular formula is C18H21N5O2. The maximum absolute atomic E-state index is 11.8. The predicted molar refractivity (Wildman–Crippen MR) is 95.7 cm³/mol. The van der Waals surface area contributed by atoms with E-state index in [1.165, 1.54) is 0 Å². The summed E-state index contributed by atoms with van der Waals surface area (Å²) < 4.78 is 5.38. The predicted octanol–water partition coefficient (Wildman–Crippen LogP) is 2.26. The Morgan fingerprint density at radius 2 is 1.88 bits per heavy atom. The number of urea groups is 1. The lowest BCUT2D eigenvalue weighted by Gasteiger charge is -2.27. The number of ether oxygens (including phenoxy) is 1. The molecule has 2 aliphatic rings. The van der Waals surface area contributed by atoms with Crippen LogP contribution < -0.4 is 15.5 Å². The van der Waals surface area contributed by atoms with Gasteiger partial charge in [-0.15, -0.1) is 0 Å². The average molecular weight is 339 g/mol. The molecule has 2 aromatic rings. The Hall–Kier alpha value is -2.67. The second kappa shape index (κ2) is 7.06. The largest absolute Gasteiger partial charge is 0.378 e. The van der Waals surface area contributed by atoms with E-state index in [1.54, 1.807) is 6.20 Å². The molecule has 1 saturated carbocycles. The second-order valence-electron chi connectivity index (χ2n) is 6.29. The number of morpholine rings is 1. The van der Waals surface area contributed by atoms with Gasteiger partial charge in [0.1, 0.15) is 5.82 Å². The van der Waals surface area contributed by atoms with E-state index in [2.05, 4.69) is 25.5 Å². The van der Waals surface area contributed by atoms with Gasteiger partial charge in [-0.2, -0.15) is 0 Å². The lowest BCUT2D eigenvalue weighted by Crippen LogP contribution is -2.36. The molecule has 1 aromatic heterocycles. The summed E-state index contributed by atoms with van der Waals surface area (Å²) in [5.74, 6) is 1.59. The summed E-state index contributed by atoms with van der Waals surface area (Å²) >= 11 is 0. The van der Waals surface area contributed by atoms with Crippen LogP contribution in [0.4, 0.5) is 16.3 Å². The monoisotopic (exact) mass is 339 g/mol. The van der Waals surface area contributed by atoms with Crippen LogP contribution in [0.3, 0.4) is 0 Å². The van der Waals surface area contributed by atoms with Gasteiger partial charge in [0.05, 0.1) is 13.2 Å². The number of rotatable bonds is 4. The summed E-state index contributed by atoms with van der Waals surface area (Å²) in [6, 6.07) is 9.69. The lowest BCUT2D eigenvalue weighted by molar-refractivity contribution is 0.122. The molecule has 0 bridgehead atoms. The van der Waals surface area contributed by atoms with E-state index in [0.717, 1.165) is 56.2 Å². The first-order valence-electron chi connectivity index (χ1n) is 8.62. The number of aromatic nitrogens is 2. The van der Waals surface area contributed by atoms with E-state index in [9.17, 15) is 4.79 Å². The fourth-order valence-electron chi connectivity index (χ4n) is 2.74. The van der Waals surface area contributed by atoms with Crippen molar-refractivity contribution in [2.75, 3.05) is 36.5 Å². The summed E-state index contributed by atoms with van der Waals surface area (Å²) in [7, 11) is 0. The molecule has 0 spiro atoms. The number of carbonyl (C=O) groups is 1. The van der Waals surface area contributed by atoms with E-state index in [4.69, 9.17) is 4.74 Å². The van der Waals surface area contributed by atoms with Crippen molar-refractivity contribution < 1.29 is 9.53 Å². The number of hydrogen-bond donors (Lipinski definition) is 2. The molecule has 1 aliphatic heterocycles. The van der Waals surface area contributed by atoms with Gasteiger partial charge in [0.25, 0.3) is 0 Å². The van der Waals surface area contributed by atoms with Gasteiger partial charge in [-0.05, 0) is 43.2 Å². The fourth-order valence-corrected chi connectivity index (χ4v) is 2.74. The van der Waals surface area contributed by atoms with Crippen molar-refractivity contribution >= 4 is 17.5 Å². The number of nitrogens with zero attached hydrogens (tertiary/aromatic N) is 3. The van der Waals surface area contributed by atoms with Crippen molar-refractivity contribution in [3.63, 3.8) is 0 Å². The van der Waals surface area contributed by atoms with Crippen LogP contribution in [-0.2, 0) is 4.74 Å². The first-order valence-corrected chi connectivity index (χ1v) is 8.62. The molecule has 1 aromatic carbocycles. The van der Waals surface area contributed by atoms with Crippen LogP contribution in [0.25, 0.3) is 11.4 Å². The highest BCUT2D eigenvalue weighted by atomic mass is 16.5. The molecular weight excluding hydrogens is 318 g/mol. The molecule has 0 atom stereocenters. The van der Waals surface area contributed by atoms with Gasteiger partial charge < -0.3 is 20.3 Å². The van der Waals surface area contributed by atoms with Gasteiger partial charge in [-0.3, -0.25) is 0 Å². The zero-order valence-corrected chi connectivity index (χ0v) is 13.9. The van der Waals surface area contributed by atoms with Gasteiger partial charge in [0.2, 0.25) is 0 Å². The second-order valence-corrected chi connectivity index (χ2v) is 6.29. The summed E-state index contributed by atoms with van der Waals surface area (Å²) in [4.78, 5) is 23.0. The Morgan fingerprint density at radius 1 is 1.12 bits per heavy atom. The fraction of sp³-hybridized carbons (Fsp3) is 0.389. The zero-order valence-electron chi connectivity index (χ0n) is 13.9. The van der Waals surface area contributed by atoms with Crippen molar-refractivity contribution in [2.24, 2.45) is 0 Å². The standard InChI is InChI=1S/C18H21N5O2/c24-18(21-15-5-6-15)20-14-3-1-13(2-4-14)17-19-8-7-16(22-17)23-9-11-25-12-10-23/h1-4,7-8,15H,5-6,9-12H2,(H2,20,21,24). The number of carbonyl (C=O) groups excluding carboxylic acids is 1. The molecule has 1 aliphatic carbocycles. The number of anilines is 2. The quantitative estimate of drug-likeness (QED) is 0.893. The SMILES string of the molecule is O=C(Nc1ccc(-c2nccc(N3CCOCC3)n2)cc1)NC1CC1. The van der Waals surface area contributed by atoms with Crippen LogP contribution in [-0.4, -0.2) is 48.3 Å². The maximum Gasteiger partial charge on any atom is 0.319 e. The van der Waals surface area contributed by atoms with Crippen LogP contribution in [0.15, 0.2) is 36.5 Å². The molecule has 0 radical (unpaired) electrons. The third-order valence-electron chi connectivity index (χ3n) is 4.29. The van der Waals surface area contributed by atoms with Gasteiger partial charge in [0, 0.05) is 36.6 Å². The van der Waals surface area contributed by atoms with E-state index in [-0.39, 0.29) is 6.03 Å². The summed E-state index contributed by atoms with van der Waals surface area (Å²) in [6.45, 7) is 3.14. The van der Waals surface area contributed by atoms with Gasteiger partial charge in [-0.1, -0.05) is 0 Å². The number of hydrogen-bond acceptors (Lipinski definition) is 5. The Bertz CT molecular complexity index is 739. The molecule has 0 unspecified atom stereocenters. The molecule has 2 fully saturated rings.